The second-order valence-electron chi connectivity index (χ2n) is 4.29. The summed E-state index contributed by atoms with van der Waals surface area (Å²) in [5.74, 6) is -1.09. The van der Waals surface area contributed by atoms with E-state index in [4.69, 9.17) is 5.11 Å². The first kappa shape index (κ1) is 14.7. The third-order valence-corrected chi connectivity index (χ3v) is 4.76. The van der Waals surface area contributed by atoms with Crippen molar-refractivity contribution in [2.45, 2.75) is 13.3 Å². The molecule has 2 N–H and O–H groups in total. The number of carbonyl (C=O) groups excluding carboxylic acids is 1. The van der Waals surface area contributed by atoms with Crippen molar-refractivity contribution in [1.29, 1.82) is 0 Å². The van der Waals surface area contributed by atoms with Crippen LogP contribution in [0.1, 0.15) is 20.8 Å². The molecule has 0 bridgehead atoms. The molecule has 1 aromatic heterocycles. The molecule has 0 atom stereocenters. The van der Waals surface area contributed by atoms with Gasteiger partial charge in [-0.25, -0.2) is 0 Å². The molecule has 1 amide bonds. The van der Waals surface area contributed by atoms with Crippen molar-refractivity contribution in [3.05, 3.63) is 50.1 Å². The van der Waals surface area contributed by atoms with Crippen LogP contribution in [0.4, 0.5) is 5.69 Å². The minimum Gasteiger partial charge on any atom is -0.481 e. The summed E-state index contributed by atoms with van der Waals surface area (Å²) in [4.78, 5) is 23.4. The Hall–Kier alpha value is -1.66. The highest BCUT2D eigenvalue weighted by Gasteiger charge is 2.11. The normalized spacial score (nSPS) is 10.3. The molecule has 2 aromatic rings. The smallest absolute Gasteiger partial charge is 0.307 e. The van der Waals surface area contributed by atoms with Crippen LogP contribution in [0.3, 0.4) is 0 Å². The SMILES string of the molecule is Cc1cc(C(=O)Nc2cccc(CC(=O)O)c2)sc1Br. The molecular formula is C14H12BrNO3S. The lowest BCUT2D eigenvalue weighted by Gasteiger charge is -2.05. The van der Waals surface area contributed by atoms with Crippen LogP contribution < -0.4 is 5.32 Å². The number of nitrogens with one attached hydrogen (secondary N) is 1. The van der Waals surface area contributed by atoms with Gasteiger partial charge in [0.15, 0.2) is 0 Å². The van der Waals surface area contributed by atoms with Gasteiger partial charge in [-0.15, -0.1) is 11.3 Å². The van der Waals surface area contributed by atoms with Crippen molar-refractivity contribution >= 4 is 44.8 Å². The summed E-state index contributed by atoms with van der Waals surface area (Å²) in [6.45, 7) is 1.92. The maximum atomic E-state index is 12.1. The van der Waals surface area contributed by atoms with Gasteiger partial charge in [0.2, 0.25) is 0 Å². The van der Waals surface area contributed by atoms with E-state index in [-0.39, 0.29) is 12.3 Å². The number of carboxylic acids is 1. The van der Waals surface area contributed by atoms with Gasteiger partial charge in [0.1, 0.15) is 0 Å². The van der Waals surface area contributed by atoms with Gasteiger partial charge in [-0.05, 0) is 52.2 Å². The van der Waals surface area contributed by atoms with Crippen molar-refractivity contribution in [2.24, 2.45) is 0 Å². The molecule has 1 heterocycles. The third kappa shape index (κ3) is 3.68. The summed E-state index contributed by atoms with van der Waals surface area (Å²) < 4.78 is 0.933. The first-order chi connectivity index (χ1) is 9.45. The number of anilines is 1. The van der Waals surface area contributed by atoms with Crippen molar-refractivity contribution in [3.63, 3.8) is 0 Å². The van der Waals surface area contributed by atoms with Crippen molar-refractivity contribution < 1.29 is 14.7 Å². The van der Waals surface area contributed by atoms with Crippen LogP contribution in [0.2, 0.25) is 0 Å². The first-order valence-corrected chi connectivity index (χ1v) is 7.44. The molecule has 2 rings (SSSR count). The molecule has 0 aliphatic heterocycles. The molecule has 6 heteroatoms. The number of amides is 1. The molecule has 0 unspecified atom stereocenters. The van der Waals surface area contributed by atoms with Gasteiger partial charge in [0, 0.05) is 5.69 Å². The lowest BCUT2D eigenvalue weighted by Crippen LogP contribution is -2.10. The summed E-state index contributed by atoms with van der Waals surface area (Å²) in [7, 11) is 0. The Morgan fingerprint density at radius 1 is 1.35 bits per heavy atom. The summed E-state index contributed by atoms with van der Waals surface area (Å²) >= 11 is 4.75. The van der Waals surface area contributed by atoms with Crippen LogP contribution in [0.25, 0.3) is 0 Å². The lowest BCUT2D eigenvalue weighted by molar-refractivity contribution is -0.136. The number of carbonyl (C=O) groups is 2. The van der Waals surface area contributed by atoms with E-state index in [0.29, 0.717) is 16.1 Å². The molecule has 0 aliphatic carbocycles. The fourth-order valence-electron chi connectivity index (χ4n) is 1.70. The molecule has 4 nitrogen and oxygen atoms in total. The average molecular weight is 354 g/mol. The molecule has 0 aliphatic rings. The Labute approximate surface area is 128 Å². The predicted octanol–water partition coefficient (Wildman–Crippen LogP) is 3.70. The Balaban J connectivity index is 2.13. The molecular weight excluding hydrogens is 342 g/mol. The highest BCUT2D eigenvalue weighted by Crippen LogP contribution is 2.28. The molecule has 0 saturated carbocycles. The fraction of sp³-hybridized carbons (Fsp3) is 0.143. The molecule has 1 aromatic carbocycles. The number of thiophene rings is 1. The number of carboxylic acid groups (broad SMARTS) is 1. The second kappa shape index (κ2) is 6.19. The number of rotatable bonds is 4. The van der Waals surface area contributed by atoms with Crippen LogP contribution in [-0.2, 0) is 11.2 Å². The summed E-state index contributed by atoms with van der Waals surface area (Å²) in [6.07, 6.45) is -0.0621. The van der Waals surface area contributed by atoms with Crippen LogP contribution in [0, 0.1) is 6.92 Å². The number of halogens is 1. The fourth-order valence-corrected chi connectivity index (χ4v) is 3.13. The van der Waals surface area contributed by atoms with Crippen LogP contribution in [0.5, 0.6) is 0 Å². The number of hydrogen-bond acceptors (Lipinski definition) is 3. The largest absolute Gasteiger partial charge is 0.481 e. The number of benzene rings is 1. The number of hydrogen-bond donors (Lipinski definition) is 2. The van der Waals surface area contributed by atoms with E-state index in [1.165, 1.54) is 11.3 Å². The Kier molecular flexibility index (Phi) is 4.57. The van der Waals surface area contributed by atoms with Gasteiger partial charge < -0.3 is 10.4 Å². The quantitative estimate of drug-likeness (QED) is 0.880. The molecule has 20 heavy (non-hydrogen) atoms. The zero-order chi connectivity index (χ0) is 14.7. The van der Waals surface area contributed by atoms with E-state index in [9.17, 15) is 9.59 Å². The zero-order valence-electron chi connectivity index (χ0n) is 10.6. The van der Waals surface area contributed by atoms with E-state index in [0.717, 1.165) is 9.35 Å². The summed E-state index contributed by atoms with van der Waals surface area (Å²) in [5, 5.41) is 11.5. The van der Waals surface area contributed by atoms with E-state index in [1.807, 2.05) is 13.0 Å². The minimum atomic E-state index is -0.897. The molecule has 0 spiro atoms. The maximum Gasteiger partial charge on any atom is 0.307 e. The molecule has 0 saturated heterocycles. The highest BCUT2D eigenvalue weighted by molar-refractivity contribution is 9.11. The molecule has 0 fully saturated rings. The summed E-state index contributed by atoms with van der Waals surface area (Å²) in [6, 6.07) is 8.66. The number of aryl methyl sites for hydroxylation is 1. The Bertz CT molecular complexity index is 647. The predicted molar refractivity (Wildman–Crippen MR) is 82.5 cm³/mol. The topological polar surface area (TPSA) is 66.4 Å². The van der Waals surface area contributed by atoms with E-state index in [2.05, 4.69) is 21.2 Å². The second-order valence-corrected chi connectivity index (χ2v) is 6.66. The van der Waals surface area contributed by atoms with Gasteiger partial charge in [-0.3, -0.25) is 9.59 Å². The van der Waals surface area contributed by atoms with Gasteiger partial charge >= 0.3 is 5.97 Å². The monoisotopic (exact) mass is 353 g/mol. The van der Waals surface area contributed by atoms with Gasteiger partial charge in [0.05, 0.1) is 15.1 Å². The standard InChI is InChI=1S/C14H12BrNO3S/c1-8-5-11(20-13(8)15)14(19)16-10-4-2-3-9(6-10)7-12(17)18/h2-6H,7H2,1H3,(H,16,19)(H,17,18). The first-order valence-electron chi connectivity index (χ1n) is 5.83. The Morgan fingerprint density at radius 3 is 2.70 bits per heavy atom. The van der Waals surface area contributed by atoms with Crippen molar-refractivity contribution in [2.75, 3.05) is 5.32 Å². The van der Waals surface area contributed by atoms with Gasteiger partial charge in [0.25, 0.3) is 5.91 Å². The van der Waals surface area contributed by atoms with E-state index in [1.54, 1.807) is 24.3 Å². The molecule has 104 valence electrons. The summed E-state index contributed by atoms with van der Waals surface area (Å²) in [5.41, 5.74) is 2.26. The molecule has 0 radical (unpaired) electrons. The van der Waals surface area contributed by atoms with Crippen LogP contribution in [0.15, 0.2) is 34.1 Å². The van der Waals surface area contributed by atoms with Gasteiger partial charge in [-0.2, -0.15) is 0 Å². The van der Waals surface area contributed by atoms with Crippen LogP contribution >= 0.6 is 27.3 Å². The minimum absolute atomic E-state index is 0.0621. The Morgan fingerprint density at radius 2 is 2.10 bits per heavy atom. The van der Waals surface area contributed by atoms with Crippen LogP contribution in [-0.4, -0.2) is 17.0 Å². The number of aliphatic carboxylic acids is 1. The van der Waals surface area contributed by atoms with Crippen molar-refractivity contribution in [1.82, 2.24) is 0 Å². The van der Waals surface area contributed by atoms with E-state index >= 15 is 0 Å². The third-order valence-electron chi connectivity index (χ3n) is 2.62. The lowest BCUT2D eigenvalue weighted by atomic mass is 10.1. The zero-order valence-corrected chi connectivity index (χ0v) is 13.0. The highest BCUT2D eigenvalue weighted by atomic mass is 79.9. The average Bonchev–Trinajstić information content (AvgIpc) is 2.69. The van der Waals surface area contributed by atoms with E-state index < -0.39 is 5.97 Å². The maximum absolute atomic E-state index is 12.1. The van der Waals surface area contributed by atoms with Gasteiger partial charge in [-0.1, -0.05) is 12.1 Å². The van der Waals surface area contributed by atoms with Crippen molar-refractivity contribution in [3.8, 4) is 0 Å².